The lowest BCUT2D eigenvalue weighted by molar-refractivity contribution is 0.775. The number of fused-ring (bicyclic) bond motifs is 1. The van der Waals surface area contributed by atoms with Crippen LogP contribution >= 0.6 is 0 Å². The van der Waals surface area contributed by atoms with E-state index in [2.05, 4.69) is 50.3 Å². The maximum atomic E-state index is 4.65. The third kappa shape index (κ3) is 2.35. The van der Waals surface area contributed by atoms with Crippen LogP contribution in [0, 0.1) is 0 Å². The Balaban J connectivity index is 2.22. The van der Waals surface area contributed by atoms with Gasteiger partial charge in [0.2, 0.25) is 5.95 Å². The van der Waals surface area contributed by atoms with Crippen LogP contribution in [0.5, 0.6) is 0 Å². The molecule has 110 valence electrons. The van der Waals surface area contributed by atoms with E-state index in [1.807, 2.05) is 11.6 Å². The molecule has 3 aromatic rings. The van der Waals surface area contributed by atoms with Crippen molar-refractivity contribution in [3.05, 3.63) is 23.8 Å². The highest BCUT2D eigenvalue weighted by atomic mass is 15.3. The summed E-state index contributed by atoms with van der Waals surface area (Å²) in [4.78, 5) is 16.3. The second-order valence-corrected chi connectivity index (χ2v) is 4.75. The molecule has 0 atom stereocenters. The molecule has 21 heavy (non-hydrogen) atoms. The Hall–Kier alpha value is -2.44. The summed E-state index contributed by atoms with van der Waals surface area (Å²) >= 11 is 0. The molecular formula is C14H19N7. The van der Waals surface area contributed by atoms with Gasteiger partial charge in [0, 0.05) is 12.2 Å². The molecule has 0 saturated heterocycles. The number of rotatable bonds is 5. The van der Waals surface area contributed by atoms with Crippen LogP contribution in [0.3, 0.4) is 0 Å². The van der Waals surface area contributed by atoms with Crippen LogP contribution in [-0.2, 0) is 12.8 Å². The van der Waals surface area contributed by atoms with E-state index in [1.165, 1.54) is 0 Å². The van der Waals surface area contributed by atoms with Crippen molar-refractivity contribution in [3.63, 3.8) is 0 Å². The normalized spacial score (nSPS) is 11.2. The van der Waals surface area contributed by atoms with E-state index in [0.29, 0.717) is 11.6 Å². The SMILES string of the molecule is CCNc1nc(-n2nc(CC)cc2CC)c2[nH]cnc2n1. The van der Waals surface area contributed by atoms with Crippen molar-refractivity contribution in [1.29, 1.82) is 0 Å². The highest BCUT2D eigenvalue weighted by Crippen LogP contribution is 2.20. The highest BCUT2D eigenvalue weighted by Gasteiger charge is 2.15. The number of hydrogen-bond donors (Lipinski definition) is 2. The minimum atomic E-state index is 0.572. The average molecular weight is 285 g/mol. The smallest absolute Gasteiger partial charge is 0.226 e. The molecule has 0 saturated carbocycles. The van der Waals surface area contributed by atoms with Crippen molar-refractivity contribution in [3.8, 4) is 5.82 Å². The monoisotopic (exact) mass is 285 g/mol. The van der Waals surface area contributed by atoms with E-state index in [1.54, 1.807) is 6.33 Å². The van der Waals surface area contributed by atoms with Gasteiger partial charge in [0.25, 0.3) is 0 Å². The maximum Gasteiger partial charge on any atom is 0.226 e. The average Bonchev–Trinajstić information content (AvgIpc) is 3.12. The van der Waals surface area contributed by atoms with Crippen molar-refractivity contribution >= 4 is 17.1 Å². The van der Waals surface area contributed by atoms with Crippen molar-refractivity contribution in [2.45, 2.75) is 33.6 Å². The fourth-order valence-electron chi connectivity index (χ4n) is 2.29. The van der Waals surface area contributed by atoms with Crippen LogP contribution in [0.25, 0.3) is 17.0 Å². The summed E-state index contributed by atoms with van der Waals surface area (Å²) in [7, 11) is 0. The molecular weight excluding hydrogens is 266 g/mol. The van der Waals surface area contributed by atoms with Gasteiger partial charge in [-0.25, -0.2) is 9.67 Å². The van der Waals surface area contributed by atoms with Gasteiger partial charge in [0.1, 0.15) is 5.52 Å². The molecule has 0 fully saturated rings. The Bertz CT molecular complexity index is 756. The van der Waals surface area contributed by atoms with Gasteiger partial charge in [-0.1, -0.05) is 13.8 Å². The number of anilines is 1. The molecule has 3 rings (SSSR count). The van der Waals surface area contributed by atoms with Crippen LogP contribution in [0.1, 0.15) is 32.2 Å². The van der Waals surface area contributed by atoms with E-state index in [4.69, 9.17) is 0 Å². The highest BCUT2D eigenvalue weighted by molar-refractivity contribution is 5.79. The third-order valence-electron chi connectivity index (χ3n) is 3.36. The zero-order chi connectivity index (χ0) is 14.8. The van der Waals surface area contributed by atoms with Crippen molar-refractivity contribution < 1.29 is 0 Å². The molecule has 3 heterocycles. The van der Waals surface area contributed by atoms with Crippen LogP contribution in [0.15, 0.2) is 12.4 Å². The molecule has 0 aliphatic carbocycles. The number of aromatic nitrogens is 6. The molecule has 7 nitrogen and oxygen atoms in total. The van der Waals surface area contributed by atoms with Crippen molar-refractivity contribution in [2.24, 2.45) is 0 Å². The van der Waals surface area contributed by atoms with Gasteiger partial charge in [-0.2, -0.15) is 15.1 Å². The van der Waals surface area contributed by atoms with Gasteiger partial charge in [-0.15, -0.1) is 0 Å². The first-order chi connectivity index (χ1) is 10.3. The van der Waals surface area contributed by atoms with Crippen LogP contribution in [-0.4, -0.2) is 36.3 Å². The summed E-state index contributed by atoms with van der Waals surface area (Å²) in [6.07, 6.45) is 3.43. The largest absolute Gasteiger partial charge is 0.354 e. The van der Waals surface area contributed by atoms with Gasteiger partial charge in [-0.3, -0.25) is 0 Å². The van der Waals surface area contributed by atoms with E-state index in [-0.39, 0.29) is 0 Å². The minimum Gasteiger partial charge on any atom is -0.354 e. The van der Waals surface area contributed by atoms with E-state index in [0.717, 1.165) is 42.1 Å². The fraction of sp³-hybridized carbons (Fsp3) is 0.429. The van der Waals surface area contributed by atoms with Crippen LogP contribution in [0.2, 0.25) is 0 Å². The fourth-order valence-corrected chi connectivity index (χ4v) is 2.29. The molecule has 0 aliphatic rings. The topological polar surface area (TPSA) is 84.3 Å². The molecule has 3 aromatic heterocycles. The lowest BCUT2D eigenvalue weighted by atomic mass is 10.2. The van der Waals surface area contributed by atoms with E-state index in [9.17, 15) is 0 Å². The van der Waals surface area contributed by atoms with Crippen LogP contribution < -0.4 is 5.32 Å². The second-order valence-electron chi connectivity index (χ2n) is 4.75. The van der Waals surface area contributed by atoms with Crippen LogP contribution in [0.4, 0.5) is 5.95 Å². The van der Waals surface area contributed by atoms with E-state index < -0.39 is 0 Å². The van der Waals surface area contributed by atoms with Gasteiger partial charge in [-0.05, 0) is 25.8 Å². The molecule has 0 unspecified atom stereocenters. The number of imidazole rings is 1. The minimum absolute atomic E-state index is 0.572. The first kappa shape index (κ1) is 13.5. The standard InChI is InChI=1S/C14H19N7/c1-4-9-7-10(5-2)21(20-9)13-11-12(17-8-16-11)18-14(19-13)15-6-3/h7-8H,4-6H2,1-3H3,(H2,15,16,17,18,19). The summed E-state index contributed by atoms with van der Waals surface area (Å²) in [5.41, 5.74) is 3.63. The molecule has 7 heteroatoms. The molecule has 0 bridgehead atoms. The molecule has 0 amide bonds. The number of hydrogen-bond acceptors (Lipinski definition) is 5. The Labute approximate surface area is 122 Å². The molecule has 0 aliphatic heterocycles. The third-order valence-corrected chi connectivity index (χ3v) is 3.36. The molecule has 0 aromatic carbocycles. The quantitative estimate of drug-likeness (QED) is 0.750. The molecule has 0 spiro atoms. The van der Waals surface area contributed by atoms with Gasteiger partial charge in [0.15, 0.2) is 11.5 Å². The summed E-state index contributed by atoms with van der Waals surface area (Å²) < 4.78 is 1.89. The lowest BCUT2D eigenvalue weighted by Crippen LogP contribution is -2.09. The summed E-state index contributed by atoms with van der Waals surface area (Å²) in [6, 6.07) is 2.12. The number of nitrogens with one attached hydrogen (secondary N) is 2. The Kier molecular flexibility index (Phi) is 3.55. The first-order valence-electron chi connectivity index (χ1n) is 7.30. The number of aryl methyl sites for hydroxylation is 2. The van der Waals surface area contributed by atoms with Gasteiger partial charge >= 0.3 is 0 Å². The Morgan fingerprint density at radius 2 is 2.05 bits per heavy atom. The zero-order valence-corrected chi connectivity index (χ0v) is 12.5. The predicted octanol–water partition coefficient (Wildman–Crippen LogP) is 2.10. The number of aromatic amines is 1. The molecule has 2 N–H and O–H groups in total. The number of H-pyrrole nitrogens is 1. The second kappa shape index (κ2) is 5.51. The maximum absolute atomic E-state index is 4.65. The number of nitrogens with zero attached hydrogens (tertiary/aromatic N) is 5. The summed E-state index contributed by atoms with van der Waals surface area (Å²) in [5, 5.41) is 7.79. The predicted molar refractivity (Wildman–Crippen MR) is 81.7 cm³/mol. The Morgan fingerprint density at radius 1 is 1.19 bits per heavy atom. The van der Waals surface area contributed by atoms with E-state index >= 15 is 0 Å². The summed E-state index contributed by atoms with van der Waals surface area (Å²) in [5.74, 6) is 1.31. The van der Waals surface area contributed by atoms with Crippen molar-refractivity contribution in [2.75, 3.05) is 11.9 Å². The van der Waals surface area contributed by atoms with Gasteiger partial charge < -0.3 is 10.3 Å². The summed E-state index contributed by atoms with van der Waals surface area (Å²) in [6.45, 7) is 6.99. The zero-order valence-electron chi connectivity index (χ0n) is 12.5. The lowest BCUT2D eigenvalue weighted by Gasteiger charge is -2.08. The van der Waals surface area contributed by atoms with Gasteiger partial charge in [0.05, 0.1) is 12.0 Å². The molecule has 0 radical (unpaired) electrons. The van der Waals surface area contributed by atoms with Crippen molar-refractivity contribution in [1.82, 2.24) is 29.7 Å². The Morgan fingerprint density at radius 3 is 2.76 bits per heavy atom. The first-order valence-corrected chi connectivity index (χ1v) is 7.30.